The fraction of sp³-hybridized carbons (Fsp3) is 0.222. The monoisotopic (exact) mass is 277 g/mol. The molecule has 3 nitrogen and oxygen atoms in total. The second-order valence-corrected chi connectivity index (χ2v) is 5.50. The van der Waals surface area contributed by atoms with Crippen molar-refractivity contribution in [2.24, 2.45) is 0 Å². The van der Waals surface area contributed by atoms with Gasteiger partial charge in [-0.05, 0) is 50.5 Å². The number of aryl methyl sites for hydroxylation is 4. The molecule has 106 valence electrons. The molecule has 0 spiro atoms. The Hall–Kier alpha value is -2.42. The average molecular weight is 277 g/mol. The standard InChI is InChI=1S/C18H19N3/c1-12-6-5-7-13(2)17(12)21-9-8-19-18(21)16-11-20-15(4)10-14(16)3/h5-11H,1-4H3. The zero-order valence-corrected chi connectivity index (χ0v) is 12.9. The molecule has 3 aromatic rings. The number of hydrogen-bond donors (Lipinski definition) is 0. The van der Waals surface area contributed by atoms with Gasteiger partial charge in [-0.2, -0.15) is 0 Å². The van der Waals surface area contributed by atoms with Crippen LogP contribution in [0.3, 0.4) is 0 Å². The first-order valence-electron chi connectivity index (χ1n) is 7.11. The van der Waals surface area contributed by atoms with E-state index in [-0.39, 0.29) is 0 Å². The van der Waals surface area contributed by atoms with Crippen LogP contribution in [0.2, 0.25) is 0 Å². The van der Waals surface area contributed by atoms with Crippen LogP contribution in [0.5, 0.6) is 0 Å². The molecule has 0 radical (unpaired) electrons. The number of benzene rings is 1. The first-order chi connectivity index (χ1) is 10.1. The third-order valence-corrected chi connectivity index (χ3v) is 3.81. The van der Waals surface area contributed by atoms with Crippen molar-refractivity contribution >= 4 is 0 Å². The maximum atomic E-state index is 4.56. The molecule has 3 heteroatoms. The molecule has 0 bridgehead atoms. The summed E-state index contributed by atoms with van der Waals surface area (Å²) in [5.74, 6) is 0.942. The van der Waals surface area contributed by atoms with E-state index in [2.05, 4.69) is 59.6 Å². The molecule has 0 saturated carbocycles. The van der Waals surface area contributed by atoms with E-state index >= 15 is 0 Å². The summed E-state index contributed by atoms with van der Waals surface area (Å²) < 4.78 is 2.16. The SMILES string of the molecule is Cc1cc(C)c(-c2nccn2-c2c(C)cccc2C)cn1. The number of para-hydroxylation sites is 1. The topological polar surface area (TPSA) is 30.7 Å². The molecule has 0 fully saturated rings. The van der Waals surface area contributed by atoms with Crippen molar-refractivity contribution in [3.8, 4) is 17.1 Å². The van der Waals surface area contributed by atoms with Crippen LogP contribution >= 0.6 is 0 Å². The highest BCUT2D eigenvalue weighted by atomic mass is 15.1. The minimum absolute atomic E-state index is 0.942. The van der Waals surface area contributed by atoms with Crippen LogP contribution in [0.1, 0.15) is 22.4 Å². The van der Waals surface area contributed by atoms with E-state index in [0.717, 1.165) is 17.1 Å². The smallest absolute Gasteiger partial charge is 0.146 e. The Morgan fingerprint density at radius 1 is 0.905 bits per heavy atom. The van der Waals surface area contributed by atoms with E-state index in [0.29, 0.717) is 0 Å². The van der Waals surface area contributed by atoms with Crippen molar-refractivity contribution in [1.29, 1.82) is 0 Å². The van der Waals surface area contributed by atoms with E-state index in [1.807, 2.05) is 25.5 Å². The molecule has 0 aliphatic heterocycles. The van der Waals surface area contributed by atoms with Gasteiger partial charge >= 0.3 is 0 Å². The van der Waals surface area contributed by atoms with Crippen molar-refractivity contribution in [2.45, 2.75) is 27.7 Å². The third kappa shape index (κ3) is 2.35. The number of imidazole rings is 1. The fourth-order valence-electron chi connectivity index (χ4n) is 2.80. The van der Waals surface area contributed by atoms with Crippen LogP contribution in [-0.4, -0.2) is 14.5 Å². The number of nitrogens with zero attached hydrogens (tertiary/aromatic N) is 3. The normalized spacial score (nSPS) is 10.9. The zero-order valence-electron chi connectivity index (χ0n) is 12.9. The summed E-state index contributed by atoms with van der Waals surface area (Å²) in [4.78, 5) is 8.98. The summed E-state index contributed by atoms with van der Waals surface area (Å²) in [6.45, 7) is 8.38. The Kier molecular flexibility index (Phi) is 3.34. The van der Waals surface area contributed by atoms with Gasteiger partial charge < -0.3 is 0 Å². The summed E-state index contributed by atoms with van der Waals surface area (Å²) in [5.41, 5.74) is 6.99. The average Bonchev–Trinajstić information content (AvgIpc) is 2.87. The van der Waals surface area contributed by atoms with Crippen LogP contribution in [-0.2, 0) is 0 Å². The van der Waals surface area contributed by atoms with Gasteiger partial charge in [0.15, 0.2) is 0 Å². The second kappa shape index (κ2) is 5.17. The Morgan fingerprint density at radius 3 is 2.29 bits per heavy atom. The molecule has 0 N–H and O–H groups in total. The van der Waals surface area contributed by atoms with Crippen molar-refractivity contribution in [3.63, 3.8) is 0 Å². The highest BCUT2D eigenvalue weighted by molar-refractivity contribution is 5.63. The van der Waals surface area contributed by atoms with Gasteiger partial charge in [0.25, 0.3) is 0 Å². The van der Waals surface area contributed by atoms with Gasteiger partial charge in [-0.15, -0.1) is 0 Å². The molecule has 0 unspecified atom stereocenters. The lowest BCUT2D eigenvalue weighted by molar-refractivity contribution is 1.02. The summed E-state index contributed by atoms with van der Waals surface area (Å²) in [6, 6.07) is 8.45. The summed E-state index contributed by atoms with van der Waals surface area (Å²) >= 11 is 0. The maximum absolute atomic E-state index is 4.56. The Bertz CT molecular complexity index is 780. The molecule has 0 atom stereocenters. The highest BCUT2D eigenvalue weighted by Gasteiger charge is 2.13. The summed E-state index contributed by atoms with van der Waals surface area (Å²) in [5, 5.41) is 0. The molecule has 0 saturated heterocycles. The lowest BCUT2D eigenvalue weighted by Crippen LogP contribution is -2.02. The number of rotatable bonds is 2. The van der Waals surface area contributed by atoms with Crippen molar-refractivity contribution in [2.75, 3.05) is 0 Å². The predicted molar refractivity (Wildman–Crippen MR) is 85.7 cm³/mol. The predicted octanol–water partition coefficient (Wildman–Crippen LogP) is 4.17. The maximum Gasteiger partial charge on any atom is 0.146 e. The molecule has 1 aromatic carbocycles. The van der Waals surface area contributed by atoms with Crippen molar-refractivity contribution in [3.05, 3.63) is 65.2 Å². The molecular formula is C18H19N3. The van der Waals surface area contributed by atoms with Crippen molar-refractivity contribution < 1.29 is 0 Å². The van der Waals surface area contributed by atoms with Gasteiger partial charge in [0, 0.05) is 29.8 Å². The van der Waals surface area contributed by atoms with Crippen LogP contribution < -0.4 is 0 Å². The van der Waals surface area contributed by atoms with E-state index in [1.54, 1.807) is 0 Å². The van der Waals surface area contributed by atoms with Gasteiger partial charge in [0.1, 0.15) is 5.82 Å². The van der Waals surface area contributed by atoms with Gasteiger partial charge in [0.05, 0.1) is 5.69 Å². The lowest BCUT2D eigenvalue weighted by atomic mass is 10.1. The number of hydrogen-bond acceptors (Lipinski definition) is 2. The van der Waals surface area contributed by atoms with Crippen LogP contribution in [0.4, 0.5) is 0 Å². The fourth-order valence-corrected chi connectivity index (χ4v) is 2.80. The summed E-state index contributed by atoms with van der Waals surface area (Å²) in [7, 11) is 0. The third-order valence-electron chi connectivity index (χ3n) is 3.81. The molecular weight excluding hydrogens is 258 g/mol. The largest absolute Gasteiger partial charge is 0.299 e. The highest BCUT2D eigenvalue weighted by Crippen LogP contribution is 2.27. The van der Waals surface area contributed by atoms with Crippen LogP contribution in [0.15, 0.2) is 42.9 Å². The molecule has 3 rings (SSSR count). The summed E-state index contributed by atoms with van der Waals surface area (Å²) in [6.07, 6.45) is 5.78. The van der Waals surface area contributed by atoms with E-state index < -0.39 is 0 Å². The second-order valence-electron chi connectivity index (χ2n) is 5.50. The minimum Gasteiger partial charge on any atom is -0.299 e. The molecule has 2 heterocycles. The van der Waals surface area contributed by atoms with E-state index in [4.69, 9.17) is 0 Å². The quantitative estimate of drug-likeness (QED) is 0.704. The number of pyridine rings is 1. The first-order valence-corrected chi connectivity index (χ1v) is 7.11. The van der Waals surface area contributed by atoms with Crippen LogP contribution in [0, 0.1) is 27.7 Å². The molecule has 0 aliphatic rings. The Balaban J connectivity index is 2.22. The van der Waals surface area contributed by atoms with Gasteiger partial charge in [0.2, 0.25) is 0 Å². The Morgan fingerprint density at radius 2 is 1.62 bits per heavy atom. The van der Waals surface area contributed by atoms with Crippen LogP contribution in [0.25, 0.3) is 17.1 Å². The molecule has 2 aromatic heterocycles. The first kappa shape index (κ1) is 13.6. The molecule has 21 heavy (non-hydrogen) atoms. The minimum atomic E-state index is 0.942. The van der Waals surface area contributed by atoms with E-state index in [1.165, 1.54) is 22.4 Å². The molecule has 0 aliphatic carbocycles. The Labute approximate surface area is 125 Å². The van der Waals surface area contributed by atoms with Gasteiger partial charge in [-0.1, -0.05) is 18.2 Å². The van der Waals surface area contributed by atoms with Gasteiger partial charge in [-0.25, -0.2) is 4.98 Å². The zero-order chi connectivity index (χ0) is 15.0. The van der Waals surface area contributed by atoms with Gasteiger partial charge in [-0.3, -0.25) is 9.55 Å². The van der Waals surface area contributed by atoms with Crippen molar-refractivity contribution in [1.82, 2.24) is 14.5 Å². The molecule has 0 amide bonds. The lowest BCUT2D eigenvalue weighted by Gasteiger charge is -2.15. The number of aromatic nitrogens is 3. The van der Waals surface area contributed by atoms with E-state index in [9.17, 15) is 0 Å².